The van der Waals surface area contributed by atoms with E-state index in [1.165, 1.54) is 12.1 Å². The number of hydrogen-bond acceptors (Lipinski definition) is 4. The van der Waals surface area contributed by atoms with Gasteiger partial charge in [-0.05, 0) is 44.0 Å². The summed E-state index contributed by atoms with van der Waals surface area (Å²) in [5, 5.41) is 5.92. The van der Waals surface area contributed by atoms with Crippen molar-refractivity contribution < 1.29 is 9.59 Å². The molecule has 3 fully saturated rings. The molecule has 0 saturated carbocycles. The average Bonchev–Trinajstić information content (AvgIpc) is 3.00. The number of carbonyl (C=O) groups is 2. The predicted octanol–water partition coefficient (Wildman–Crippen LogP) is 1.18. The van der Waals surface area contributed by atoms with Gasteiger partial charge in [-0.3, -0.25) is 14.9 Å². The van der Waals surface area contributed by atoms with Gasteiger partial charge in [-0.25, -0.2) is 0 Å². The zero-order chi connectivity index (χ0) is 16.1. The van der Waals surface area contributed by atoms with E-state index >= 15 is 0 Å². The Morgan fingerprint density at radius 3 is 2.43 bits per heavy atom. The zero-order valence-corrected chi connectivity index (χ0v) is 13.5. The highest BCUT2D eigenvalue weighted by Crippen LogP contribution is 2.40. The highest BCUT2D eigenvalue weighted by Gasteiger charge is 2.45. The molecule has 0 bridgehead atoms. The molecule has 4 rings (SSSR count). The number of benzene rings is 1. The summed E-state index contributed by atoms with van der Waals surface area (Å²) in [6.45, 7) is 6.43. The van der Waals surface area contributed by atoms with Crippen LogP contribution in [0.3, 0.4) is 0 Å². The van der Waals surface area contributed by atoms with Crippen molar-refractivity contribution in [3.8, 4) is 0 Å². The van der Waals surface area contributed by atoms with Gasteiger partial charge >= 0.3 is 0 Å². The molecule has 0 aromatic heterocycles. The smallest absolute Gasteiger partial charge is 0.236 e. The molecule has 1 spiro atoms. The molecule has 0 radical (unpaired) electrons. The molecule has 1 aromatic carbocycles. The molecular formula is C18H23N3O2. The monoisotopic (exact) mass is 313 g/mol. The van der Waals surface area contributed by atoms with Crippen molar-refractivity contribution in [1.29, 1.82) is 0 Å². The van der Waals surface area contributed by atoms with Crippen LogP contribution in [0.25, 0.3) is 0 Å². The largest absolute Gasteiger partial charge is 0.370 e. The van der Waals surface area contributed by atoms with Crippen LogP contribution in [0.1, 0.15) is 31.7 Å². The lowest BCUT2D eigenvalue weighted by molar-refractivity contribution is -0.137. The van der Waals surface area contributed by atoms with Crippen molar-refractivity contribution in [3.63, 3.8) is 0 Å². The minimum absolute atomic E-state index is 0.167. The standard InChI is InChI=1S/C18H23N3O2/c1-17(7-6-15(22)20-16(17)23)13-2-4-14(5-3-13)21-11-18(12-21)8-9-19-10-18/h2-5,19H,6-12H2,1H3,(H,20,22,23)/t17-/m1/s1. The fourth-order valence-corrected chi connectivity index (χ4v) is 4.13. The molecule has 0 aliphatic carbocycles. The molecule has 1 atom stereocenters. The van der Waals surface area contributed by atoms with E-state index in [0.29, 0.717) is 18.3 Å². The van der Waals surface area contributed by atoms with E-state index in [-0.39, 0.29) is 11.8 Å². The van der Waals surface area contributed by atoms with E-state index < -0.39 is 5.41 Å². The first-order chi connectivity index (χ1) is 11.0. The number of nitrogens with zero attached hydrogens (tertiary/aromatic N) is 1. The number of amides is 2. The van der Waals surface area contributed by atoms with E-state index in [0.717, 1.165) is 31.7 Å². The summed E-state index contributed by atoms with van der Waals surface area (Å²) >= 11 is 0. The third-order valence-corrected chi connectivity index (χ3v) is 5.86. The van der Waals surface area contributed by atoms with Gasteiger partial charge in [0.2, 0.25) is 11.8 Å². The summed E-state index contributed by atoms with van der Waals surface area (Å²) in [6, 6.07) is 8.31. The van der Waals surface area contributed by atoms with E-state index in [1.807, 2.05) is 19.1 Å². The van der Waals surface area contributed by atoms with E-state index in [1.54, 1.807) is 0 Å². The van der Waals surface area contributed by atoms with E-state index in [4.69, 9.17) is 0 Å². The molecule has 0 unspecified atom stereocenters. The van der Waals surface area contributed by atoms with Gasteiger partial charge in [0.05, 0.1) is 5.41 Å². The minimum atomic E-state index is -0.599. The summed E-state index contributed by atoms with van der Waals surface area (Å²) in [5.41, 5.74) is 2.10. The van der Waals surface area contributed by atoms with Crippen LogP contribution in [0.4, 0.5) is 5.69 Å². The van der Waals surface area contributed by atoms with Gasteiger partial charge in [0.25, 0.3) is 0 Å². The summed E-state index contributed by atoms with van der Waals surface area (Å²) in [6.07, 6.45) is 2.26. The van der Waals surface area contributed by atoms with Crippen molar-refractivity contribution in [2.45, 2.75) is 31.6 Å². The topological polar surface area (TPSA) is 61.4 Å². The molecular weight excluding hydrogens is 290 g/mol. The summed E-state index contributed by atoms with van der Waals surface area (Å²) in [7, 11) is 0. The maximum atomic E-state index is 12.2. The zero-order valence-electron chi connectivity index (χ0n) is 13.5. The predicted molar refractivity (Wildman–Crippen MR) is 88.3 cm³/mol. The second kappa shape index (κ2) is 5.06. The van der Waals surface area contributed by atoms with Crippen molar-refractivity contribution >= 4 is 17.5 Å². The first-order valence-electron chi connectivity index (χ1n) is 8.41. The van der Waals surface area contributed by atoms with Gasteiger partial charge in [0, 0.05) is 37.2 Å². The van der Waals surface area contributed by atoms with Crippen LogP contribution in [0.15, 0.2) is 24.3 Å². The summed E-state index contributed by atoms with van der Waals surface area (Å²) in [4.78, 5) is 26.0. The summed E-state index contributed by atoms with van der Waals surface area (Å²) in [5.74, 6) is -0.346. The quantitative estimate of drug-likeness (QED) is 0.805. The van der Waals surface area contributed by atoms with Crippen LogP contribution in [0.5, 0.6) is 0 Å². The number of hydrogen-bond donors (Lipinski definition) is 2. The van der Waals surface area contributed by atoms with E-state index in [2.05, 4.69) is 27.7 Å². The van der Waals surface area contributed by atoms with Gasteiger partial charge in [-0.15, -0.1) is 0 Å². The number of imide groups is 1. The second-order valence-electron chi connectivity index (χ2n) is 7.54. The SMILES string of the molecule is C[C@]1(c2ccc(N3CC4(CCNC4)C3)cc2)CCC(=O)NC1=O. The highest BCUT2D eigenvalue weighted by molar-refractivity contribution is 6.03. The first-order valence-corrected chi connectivity index (χ1v) is 8.41. The first kappa shape index (κ1) is 14.7. The Morgan fingerprint density at radius 1 is 1.09 bits per heavy atom. The van der Waals surface area contributed by atoms with Crippen molar-refractivity contribution in [2.75, 3.05) is 31.1 Å². The highest BCUT2D eigenvalue weighted by atomic mass is 16.2. The van der Waals surface area contributed by atoms with Gasteiger partial charge in [0.1, 0.15) is 0 Å². The van der Waals surface area contributed by atoms with Crippen LogP contribution >= 0.6 is 0 Å². The normalized spacial score (nSPS) is 29.5. The minimum Gasteiger partial charge on any atom is -0.370 e. The third-order valence-electron chi connectivity index (χ3n) is 5.86. The molecule has 122 valence electrons. The molecule has 23 heavy (non-hydrogen) atoms. The number of nitrogens with one attached hydrogen (secondary N) is 2. The van der Waals surface area contributed by atoms with Crippen LogP contribution in [-0.2, 0) is 15.0 Å². The second-order valence-corrected chi connectivity index (χ2v) is 7.54. The number of anilines is 1. The fourth-order valence-electron chi connectivity index (χ4n) is 4.13. The summed E-state index contributed by atoms with van der Waals surface area (Å²) < 4.78 is 0. The number of piperidine rings is 1. The average molecular weight is 313 g/mol. The Hall–Kier alpha value is -1.88. The van der Waals surface area contributed by atoms with Crippen molar-refractivity contribution in [1.82, 2.24) is 10.6 Å². The van der Waals surface area contributed by atoms with Gasteiger partial charge in [0.15, 0.2) is 0 Å². The van der Waals surface area contributed by atoms with Crippen molar-refractivity contribution in [2.24, 2.45) is 5.41 Å². The lowest BCUT2D eigenvalue weighted by Crippen LogP contribution is -2.57. The van der Waals surface area contributed by atoms with Crippen LogP contribution in [-0.4, -0.2) is 38.0 Å². The Labute approximate surface area is 136 Å². The lowest BCUT2D eigenvalue weighted by Gasteiger charge is -2.49. The Bertz CT molecular complexity index is 641. The molecule has 3 aliphatic rings. The maximum Gasteiger partial charge on any atom is 0.236 e. The molecule has 2 N–H and O–H groups in total. The molecule has 5 nitrogen and oxygen atoms in total. The maximum absolute atomic E-state index is 12.2. The van der Waals surface area contributed by atoms with Crippen LogP contribution in [0.2, 0.25) is 0 Å². The fraction of sp³-hybridized carbons (Fsp3) is 0.556. The Kier molecular flexibility index (Phi) is 3.23. The molecule has 3 heterocycles. The van der Waals surface area contributed by atoms with Gasteiger partial charge in [-0.2, -0.15) is 0 Å². The lowest BCUT2D eigenvalue weighted by atomic mass is 9.75. The van der Waals surface area contributed by atoms with E-state index in [9.17, 15) is 9.59 Å². The molecule has 1 aromatic rings. The van der Waals surface area contributed by atoms with Gasteiger partial charge < -0.3 is 10.2 Å². The molecule has 2 amide bonds. The van der Waals surface area contributed by atoms with Gasteiger partial charge in [-0.1, -0.05) is 12.1 Å². The Morgan fingerprint density at radius 2 is 1.83 bits per heavy atom. The third kappa shape index (κ3) is 2.34. The van der Waals surface area contributed by atoms with Crippen molar-refractivity contribution in [3.05, 3.63) is 29.8 Å². The number of rotatable bonds is 2. The Balaban J connectivity index is 1.48. The molecule has 3 saturated heterocycles. The van der Waals surface area contributed by atoms with Crippen LogP contribution in [0, 0.1) is 5.41 Å². The number of carbonyl (C=O) groups excluding carboxylic acids is 2. The molecule has 3 aliphatic heterocycles. The molecule has 5 heteroatoms. The van der Waals surface area contributed by atoms with Crippen LogP contribution < -0.4 is 15.5 Å².